The van der Waals surface area contributed by atoms with Gasteiger partial charge in [-0.2, -0.15) is 0 Å². The number of rotatable bonds is 5. The molecule has 2 aliphatic rings. The summed E-state index contributed by atoms with van der Waals surface area (Å²) in [6.45, 7) is 8.65. The largest absolute Gasteiger partial charge is 0.370 e. The van der Waals surface area contributed by atoms with E-state index in [9.17, 15) is 4.79 Å². The third-order valence-electron chi connectivity index (χ3n) is 4.97. The fraction of sp³-hybridized carbons (Fsp3) is 0.882. The van der Waals surface area contributed by atoms with Crippen LogP contribution in [0.5, 0.6) is 0 Å². The van der Waals surface area contributed by atoms with Crippen molar-refractivity contribution in [1.29, 1.82) is 0 Å². The molecule has 2 aliphatic heterocycles. The molecule has 2 rings (SSSR count). The summed E-state index contributed by atoms with van der Waals surface area (Å²) < 4.78 is 0. The van der Waals surface area contributed by atoms with Gasteiger partial charge in [0.1, 0.15) is 0 Å². The molecule has 2 heterocycles. The lowest BCUT2D eigenvalue weighted by Crippen LogP contribution is -2.49. The molecule has 1 amide bonds. The number of carbonyl (C=O) groups excluding carboxylic acids is 1. The second-order valence-corrected chi connectivity index (χ2v) is 7.15. The van der Waals surface area contributed by atoms with Gasteiger partial charge in [0.05, 0.1) is 0 Å². The van der Waals surface area contributed by atoms with Crippen molar-refractivity contribution in [3.05, 3.63) is 0 Å². The van der Waals surface area contributed by atoms with Gasteiger partial charge in [0.2, 0.25) is 5.91 Å². The smallest absolute Gasteiger partial charge is 0.217 e. The maximum atomic E-state index is 11.1. The molecule has 0 spiro atoms. The van der Waals surface area contributed by atoms with E-state index in [2.05, 4.69) is 27.0 Å². The number of hydrogen-bond acceptors (Lipinski definition) is 3. The lowest BCUT2D eigenvalue weighted by Gasteiger charge is -2.35. The number of primary amides is 1. The van der Waals surface area contributed by atoms with Crippen LogP contribution in [0.2, 0.25) is 0 Å². The van der Waals surface area contributed by atoms with Crippen LogP contribution in [0.25, 0.3) is 0 Å². The van der Waals surface area contributed by atoms with E-state index in [0.717, 1.165) is 50.9 Å². The highest BCUT2D eigenvalue weighted by Gasteiger charge is 2.23. The second kappa shape index (κ2) is 9.11. The third-order valence-corrected chi connectivity index (χ3v) is 4.97. The molecule has 0 saturated carbocycles. The van der Waals surface area contributed by atoms with E-state index in [1.165, 1.54) is 25.9 Å². The van der Waals surface area contributed by atoms with Gasteiger partial charge in [-0.05, 0) is 44.1 Å². The molecule has 0 aromatic rings. The van der Waals surface area contributed by atoms with Crippen molar-refractivity contribution in [3.63, 3.8) is 0 Å². The van der Waals surface area contributed by atoms with Crippen molar-refractivity contribution >= 4 is 11.9 Å². The van der Waals surface area contributed by atoms with Crippen LogP contribution in [0.1, 0.15) is 39.0 Å². The number of nitrogens with one attached hydrogen (secondary N) is 1. The van der Waals surface area contributed by atoms with Crippen LogP contribution in [0.15, 0.2) is 4.99 Å². The Hall–Kier alpha value is -1.30. The zero-order valence-corrected chi connectivity index (χ0v) is 14.8. The van der Waals surface area contributed by atoms with Crippen LogP contribution < -0.4 is 11.1 Å². The van der Waals surface area contributed by atoms with E-state index in [1.54, 1.807) is 0 Å². The Labute approximate surface area is 140 Å². The topological polar surface area (TPSA) is 74.0 Å². The summed E-state index contributed by atoms with van der Waals surface area (Å²) in [5, 5.41) is 3.49. The summed E-state index contributed by atoms with van der Waals surface area (Å²) in [4.78, 5) is 20.4. The van der Waals surface area contributed by atoms with Gasteiger partial charge in [-0.1, -0.05) is 6.92 Å². The minimum absolute atomic E-state index is 0.195. The first-order valence-electron chi connectivity index (χ1n) is 9.04. The number of amides is 1. The van der Waals surface area contributed by atoms with Crippen molar-refractivity contribution in [1.82, 2.24) is 15.1 Å². The molecule has 2 fully saturated rings. The standard InChI is InChI=1S/C17H33N5O/c1-14-5-3-8-21(12-14)10-7-20-17(19-2)22-9-4-6-15(13-22)11-16(18)23/h14-15H,3-13H2,1-2H3,(H2,18,23)(H,19,20). The molecule has 23 heavy (non-hydrogen) atoms. The number of carbonyl (C=O) groups is 1. The molecule has 6 heteroatoms. The molecule has 0 aromatic carbocycles. The van der Waals surface area contributed by atoms with Gasteiger partial charge in [0, 0.05) is 46.2 Å². The van der Waals surface area contributed by atoms with Crippen LogP contribution in [0.3, 0.4) is 0 Å². The van der Waals surface area contributed by atoms with E-state index >= 15 is 0 Å². The predicted molar refractivity (Wildman–Crippen MR) is 94.3 cm³/mol. The minimum atomic E-state index is -0.195. The molecule has 2 atom stereocenters. The molecule has 0 bridgehead atoms. The molecule has 0 aliphatic carbocycles. The Bertz CT molecular complexity index is 412. The van der Waals surface area contributed by atoms with Crippen LogP contribution in [0.4, 0.5) is 0 Å². The molecule has 132 valence electrons. The molecule has 0 aromatic heterocycles. The van der Waals surface area contributed by atoms with E-state index in [-0.39, 0.29) is 5.91 Å². The zero-order valence-electron chi connectivity index (χ0n) is 14.8. The summed E-state index contributed by atoms with van der Waals surface area (Å²) in [6, 6.07) is 0. The number of piperidine rings is 2. The molecule has 0 radical (unpaired) electrons. The Balaban J connectivity index is 1.74. The van der Waals surface area contributed by atoms with Crippen molar-refractivity contribution in [2.45, 2.75) is 39.0 Å². The van der Waals surface area contributed by atoms with Crippen LogP contribution in [-0.4, -0.2) is 68.0 Å². The lowest BCUT2D eigenvalue weighted by atomic mass is 9.95. The molecule has 2 unspecified atom stereocenters. The monoisotopic (exact) mass is 323 g/mol. The molecule has 3 N–H and O–H groups in total. The number of aliphatic imine (C=N–C) groups is 1. The highest BCUT2D eigenvalue weighted by atomic mass is 16.1. The summed E-state index contributed by atoms with van der Waals surface area (Å²) in [5.41, 5.74) is 5.34. The summed E-state index contributed by atoms with van der Waals surface area (Å²) in [6.07, 6.45) is 5.35. The van der Waals surface area contributed by atoms with Gasteiger partial charge in [0.15, 0.2) is 5.96 Å². The fourth-order valence-corrected chi connectivity index (χ4v) is 3.86. The first-order chi connectivity index (χ1) is 11.1. The highest BCUT2D eigenvalue weighted by molar-refractivity contribution is 5.80. The Morgan fingerprint density at radius 3 is 2.74 bits per heavy atom. The number of nitrogens with two attached hydrogens (primary N) is 1. The van der Waals surface area contributed by atoms with Crippen molar-refractivity contribution in [3.8, 4) is 0 Å². The predicted octanol–water partition coefficient (Wildman–Crippen LogP) is 0.881. The minimum Gasteiger partial charge on any atom is -0.370 e. The number of nitrogens with zero attached hydrogens (tertiary/aromatic N) is 3. The summed E-state index contributed by atoms with van der Waals surface area (Å²) >= 11 is 0. The van der Waals surface area contributed by atoms with Crippen molar-refractivity contribution in [2.24, 2.45) is 22.6 Å². The van der Waals surface area contributed by atoms with Crippen molar-refractivity contribution in [2.75, 3.05) is 46.3 Å². The van der Waals surface area contributed by atoms with Gasteiger partial charge >= 0.3 is 0 Å². The van der Waals surface area contributed by atoms with Gasteiger partial charge in [-0.3, -0.25) is 9.79 Å². The number of guanidine groups is 1. The lowest BCUT2D eigenvalue weighted by molar-refractivity contribution is -0.119. The average molecular weight is 323 g/mol. The maximum absolute atomic E-state index is 11.1. The normalized spacial score (nSPS) is 27.0. The SMILES string of the molecule is CN=C(NCCN1CCCC(C)C1)N1CCCC(CC(N)=O)C1. The van der Waals surface area contributed by atoms with Crippen molar-refractivity contribution < 1.29 is 4.79 Å². The van der Waals surface area contributed by atoms with E-state index < -0.39 is 0 Å². The third kappa shape index (κ3) is 6.01. The Morgan fingerprint density at radius 2 is 2.04 bits per heavy atom. The highest BCUT2D eigenvalue weighted by Crippen LogP contribution is 2.19. The van der Waals surface area contributed by atoms with E-state index in [4.69, 9.17) is 5.73 Å². The first kappa shape index (κ1) is 18.0. The number of likely N-dealkylation sites (tertiary alicyclic amines) is 2. The van der Waals surface area contributed by atoms with E-state index in [1.807, 2.05) is 7.05 Å². The quantitative estimate of drug-likeness (QED) is 0.582. The molecular formula is C17H33N5O. The zero-order chi connectivity index (χ0) is 16.7. The van der Waals surface area contributed by atoms with E-state index in [0.29, 0.717) is 12.3 Å². The van der Waals surface area contributed by atoms with Gasteiger partial charge in [0.25, 0.3) is 0 Å². The van der Waals surface area contributed by atoms with Gasteiger partial charge in [-0.15, -0.1) is 0 Å². The average Bonchev–Trinajstić information content (AvgIpc) is 2.51. The number of hydrogen-bond donors (Lipinski definition) is 2. The van der Waals surface area contributed by atoms with Gasteiger partial charge < -0.3 is 20.9 Å². The first-order valence-corrected chi connectivity index (χ1v) is 9.04. The molecule has 6 nitrogen and oxygen atoms in total. The Morgan fingerprint density at radius 1 is 1.26 bits per heavy atom. The van der Waals surface area contributed by atoms with Crippen LogP contribution >= 0.6 is 0 Å². The van der Waals surface area contributed by atoms with Gasteiger partial charge in [-0.25, -0.2) is 0 Å². The maximum Gasteiger partial charge on any atom is 0.217 e. The Kier molecular flexibility index (Phi) is 7.15. The van der Waals surface area contributed by atoms with Crippen LogP contribution in [-0.2, 0) is 4.79 Å². The molecule has 2 saturated heterocycles. The summed E-state index contributed by atoms with van der Waals surface area (Å²) in [7, 11) is 1.84. The van der Waals surface area contributed by atoms with Crippen LogP contribution in [0, 0.1) is 11.8 Å². The molecular weight excluding hydrogens is 290 g/mol. The summed E-state index contributed by atoms with van der Waals surface area (Å²) in [5.74, 6) is 1.95. The second-order valence-electron chi connectivity index (χ2n) is 7.15. The fourth-order valence-electron chi connectivity index (χ4n) is 3.86.